The molecule has 0 saturated carbocycles. The van der Waals surface area contributed by atoms with Crippen molar-refractivity contribution in [2.24, 2.45) is 5.73 Å². The maximum Gasteiger partial charge on any atom is 0.320 e. The van der Waals surface area contributed by atoms with E-state index in [-0.39, 0.29) is 0 Å². The molecule has 3 N–H and O–H groups in total. The van der Waals surface area contributed by atoms with Crippen molar-refractivity contribution < 1.29 is 9.90 Å². The van der Waals surface area contributed by atoms with Gasteiger partial charge in [-0.05, 0) is 33.5 Å². The van der Waals surface area contributed by atoms with Crippen LogP contribution in [0.5, 0.6) is 0 Å². The van der Waals surface area contributed by atoms with Crippen LogP contribution in [-0.4, -0.2) is 17.1 Å². The first-order chi connectivity index (χ1) is 9.66. The average molecular weight is 265 g/mol. The van der Waals surface area contributed by atoms with Gasteiger partial charge in [-0.3, -0.25) is 4.79 Å². The maximum absolute atomic E-state index is 11.0. The molecule has 20 heavy (non-hydrogen) atoms. The van der Waals surface area contributed by atoms with Crippen molar-refractivity contribution >= 4 is 27.5 Å². The van der Waals surface area contributed by atoms with Gasteiger partial charge in [-0.15, -0.1) is 0 Å². The summed E-state index contributed by atoms with van der Waals surface area (Å²) in [5.41, 5.74) is 6.66. The second kappa shape index (κ2) is 4.94. The molecule has 1 atom stereocenters. The fourth-order valence-corrected chi connectivity index (χ4v) is 2.62. The molecule has 0 heterocycles. The van der Waals surface area contributed by atoms with Gasteiger partial charge in [0.2, 0.25) is 0 Å². The molecule has 0 amide bonds. The predicted molar refractivity (Wildman–Crippen MR) is 80.8 cm³/mol. The maximum atomic E-state index is 11.0. The Kier molecular flexibility index (Phi) is 3.12. The molecular weight excluding hydrogens is 250 g/mol. The topological polar surface area (TPSA) is 63.3 Å². The first-order valence-electron chi connectivity index (χ1n) is 6.54. The zero-order chi connectivity index (χ0) is 14.1. The normalized spacial score (nSPS) is 12.7. The fourth-order valence-electron chi connectivity index (χ4n) is 2.62. The van der Waals surface area contributed by atoms with E-state index in [1.807, 2.05) is 42.5 Å². The molecular formula is C17H15NO2. The number of nitrogens with two attached hydrogens (primary N) is 1. The van der Waals surface area contributed by atoms with Gasteiger partial charge in [-0.2, -0.15) is 0 Å². The number of hydrogen-bond acceptors (Lipinski definition) is 2. The molecule has 3 aromatic carbocycles. The van der Waals surface area contributed by atoms with Crippen LogP contribution < -0.4 is 5.73 Å². The third kappa shape index (κ3) is 2.12. The van der Waals surface area contributed by atoms with E-state index < -0.39 is 12.0 Å². The molecule has 3 rings (SSSR count). The molecule has 1 unspecified atom stereocenters. The van der Waals surface area contributed by atoms with Crippen molar-refractivity contribution in [1.82, 2.24) is 0 Å². The zero-order valence-corrected chi connectivity index (χ0v) is 10.9. The first kappa shape index (κ1) is 12.6. The highest BCUT2D eigenvalue weighted by Gasteiger charge is 2.15. The van der Waals surface area contributed by atoms with Crippen molar-refractivity contribution in [3.63, 3.8) is 0 Å². The smallest absolute Gasteiger partial charge is 0.320 e. The Balaban J connectivity index is 2.26. The SMILES string of the molecule is NC(Cc1cc2ccccc2c2ccccc12)C(=O)O. The van der Waals surface area contributed by atoms with Crippen LogP contribution in [0.15, 0.2) is 54.6 Å². The number of rotatable bonds is 3. The monoisotopic (exact) mass is 265 g/mol. The largest absolute Gasteiger partial charge is 0.480 e. The molecule has 100 valence electrons. The van der Waals surface area contributed by atoms with Crippen molar-refractivity contribution in [2.75, 3.05) is 0 Å². The molecule has 3 heteroatoms. The molecule has 0 aromatic heterocycles. The molecule has 3 aromatic rings. The Labute approximate surface area is 116 Å². The third-order valence-electron chi connectivity index (χ3n) is 3.61. The minimum atomic E-state index is -0.970. The molecule has 0 spiro atoms. The summed E-state index contributed by atoms with van der Waals surface area (Å²) in [5.74, 6) is -0.970. The van der Waals surface area contributed by atoms with Crippen LogP contribution >= 0.6 is 0 Å². The van der Waals surface area contributed by atoms with Crippen LogP contribution in [0.3, 0.4) is 0 Å². The Hall–Kier alpha value is -2.39. The van der Waals surface area contributed by atoms with E-state index in [0.29, 0.717) is 6.42 Å². The van der Waals surface area contributed by atoms with Crippen LogP contribution in [0.2, 0.25) is 0 Å². The van der Waals surface area contributed by atoms with Crippen LogP contribution in [0.4, 0.5) is 0 Å². The Bertz CT molecular complexity index is 795. The Morgan fingerprint density at radius 2 is 1.60 bits per heavy atom. The van der Waals surface area contributed by atoms with Gasteiger partial charge >= 0.3 is 5.97 Å². The summed E-state index contributed by atoms with van der Waals surface area (Å²) in [4.78, 5) is 11.0. The summed E-state index contributed by atoms with van der Waals surface area (Å²) >= 11 is 0. The minimum absolute atomic E-state index is 0.334. The van der Waals surface area contributed by atoms with Crippen LogP contribution in [0.1, 0.15) is 5.56 Å². The molecule has 0 saturated heterocycles. The summed E-state index contributed by atoms with van der Waals surface area (Å²) in [6, 6.07) is 17.3. The number of carboxylic acid groups (broad SMARTS) is 1. The quantitative estimate of drug-likeness (QED) is 0.716. The van der Waals surface area contributed by atoms with E-state index in [9.17, 15) is 4.79 Å². The van der Waals surface area contributed by atoms with E-state index in [4.69, 9.17) is 10.8 Å². The summed E-state index contributed by atoms with van der Waals surface area (Å²) in [6.45, 7) is 0. The van der Waals surface area contributed by atoms with Gasteiger partial charge in [0, 0.05) is 0 Å². The molecule has 0 radical (unpaired) electrons. The number of carbonyl (C=O) groups is 1. The van der Waals surface area contributed by atoms with Crippen LogP contribution in [0.25, 0.3) is 21.5 Å². The molecule has 0 aliphatic carbocycles. The summed E-state index contributed by atoms with van der Waals surface area (Å²) in [6.07, 6.45) is 0.334. The summed E-state index contributed by atoms with van der Waals surface area (Å²) in [5, 5.41) is 13.5. The number of carboxylic acids is 1. The zero-order valence-electron chi connectivity index (χ0n) is 10.9. The second-order valence-electron chi connectivity index (χ2n) is 4.95. The Morgan fingerprint density at radius 3 is 2.30 bits per heavy atom. The lowest BCUT2D eigenvalue weighted by molar-refractivity contribution is -0.138. The van der Waals surface area contributed by atoms with Gasteiger partial charge in [0.15, 0.2) is 0 Å². The summed E-state index contributed by atoms with van der Waals surface area (Å²) < 4.78 is 0. The molecule has 0 aliphatic rings. The molecule has 3 nitrogen and oxygen atoms in total. The molecule has 0 aliphatic heterocycles. The number of hydrogen-bond donors (Lipinski definition) is 2. The lowest BCUT2D eigenvalue weighted by atomic mass is 9.94. The van der Waals surface area contributed by atoms with Gasteiger partial charge in [0.25, 0.3) is 0 Å². The molecule has 0 bridgehead atoms. The minimum Gasteiger partial charge on any atom is -0.480 e. The van der Waals surface area contributed by atoms with E-state index >= 15 is 0 Å². The lowest BCUT2D eigenvalue weighted by Gasteiger charge is -2.12. The average Bonchev–Trinajstić information content (AvgIpc) is 2.47. The highest BCUT2D eigenvalue weighted by molar-refractivity contribution is 6.09. The lowest BCUT2D eigenvalue weighted by Crippen LogP contribution is -2.32. The number of aliphatic carboxylic acids is 1. The van der Waals surface area contributed by atoms with Gasteiger partial charge in [0.1, 0.15) is 6.04 Å². The van der Waals surface area contributed by atoms with Crippen molar-refractivity contribution in [3.05, 3.63) is 60.2 Å². The van der Waals surface area contributed by atoms with Crippen molar-refractivity contribution in [3.8, 4) is 0 Å². The fraction of sp³-hybridized carbons (Fsp3) is 0.118. The number of fused-ring (bicyclic) bond motifs is 3. The van der Waals surface area contributed by atoms with E-state index in [1.165, 1.54) is 5.39 Å². The van der Waals surface area contributed by atoms with Gasteiger partial charge in [-0.25, -0.2) is 0 Å². The standard InChI is InChI=1S/C17H15NO2/c18-16(17(19)20)10-12-9-11-5-1-2-6-13(11)15-8-4-3-7-14(12)15/h1-9,16H,10,18H2,(H,19,20). The van der Waals surface area contributed by atoms with Gasteiger partial charge < -0.3 is 10.8 Å². The van der Waals surface area contributed by atoms with Crippen LogP contribution in [-0.2, 0) is 11.2 Å². The highest BCUT2D eigenvalue weighted by Crippen LogP contribution is 2.29. The van der Waals surface area contributed by atoms with E-state index in [2.05, 4.69) is 12.1 Å². The van der Waals surface area contributed by atoms with Crippen molar-refractivity contribution in [1.29, 1.82) is 0 Å². The van der Waals surface area contributed by atoms with Gasteiger partial charge in [-0.1, -0.05) is 54.6 Å². The van der Waals surface area contributed by atoms with E-state index in [1.54, 1.807) is 0 Å². The van der Waals surface area contributed by atoms with E-state index in [0.717, 1.165) is 21.7 Å². The molecule has 0 fully saturated rings. The second-order valence-corrected chi connectivity index (χ2v) is 4.95. The third-order valence-corrected chi connectivity index (χ3v) is 3.61. The van der Waals surface area contributed by atoms with Crippen LogP contribution in [0, 0.1) is 0 Å². The van der Waals surface area contributed by atoms with Crippen molar-refractivity contribution in [2.45, 2.75) is 12.5 Å². The summed E-state index contributed by atoms with van der Waals surface area (Å²) in [7, 11) is 0. The number of benzene rings is 3. The first-order valence-corrected chi connectivity index (χ1v) is 6.54. The predicted octanol–water partition coefficient (Wildman–Crippen LogP) is 2.95. The Morgan fingerprint density at radius 1 is 1.00 bits per heavy atom. The highest BCUT2D eigenvalue weighted by atomic mass is 16.4. The van der Waals surface area contributed by atoms with Gasteiger partial charge in [0.05, 0.1) is 0 Å².